The van der Waals surface area contributed by atoms with Gasteiger partial charge in [-0.2, -0.15) is 5.26 Å². The minimum atomic E-state index is -0.907. The summed E-state index contributed by atoms with van der Waals surface area (Å²) in [6, 6.07) is 19.1. The Hall–Kier alpha value is -3.00. The van der Waals surface area contributed by atoms with Crippen LogP contribution >= 0.6 is 0 Å². The van der Waals surface area contributed by atoms with E-state index < -0.39 is 5.54 Å². The molecule has 0 unspecified atom stereocenters. The van der Waals surface area contributed by atoms with Crippen molar-refractivity contribution in [2.75, 3.05) is 6.61 Å². The number of nitrogens with zero attached hydrogens (tertiary/aromatic N) is 1. The van der Waals surface area contributed by atoms with Crippen LogP contribution in [0.4, 0.5) is 0 Å². The molecule has 2 rings (SSSR count). The Balaban J connectivity index is 1.82. The Kier molecular flexibility index (Phi) is 6.62. The average molecular weight is 352 g/mol. The van der Waals surface area contributed by atoms with E-state index in [9.17, 15) is 10.1 Å². The zero-order valence-electron chi connectivity index (χ0n) is 15.4. The van der Waals surface area contributed by atoms with Gasteiger partial charge in [-0.1, -0.05) is 44.2 Å². The van der Waals surface area contributed by atoms with Crippen LogP contribution in [-0.4, -0.2) is 18.1 Å². The molecule has 0 aliphatic heterocycles. The Bertz CT molecular complexity index is 751. The Morgan fingerprint density at radius 2 is 1.65 bits per heavy atom. The maximum atomic E-state index is 12.0. The molecule has 0 saturated carbocycles. The van der Waals surface area contributed by atoms with Crippen LogP contribution in [0.5, 0.6) is 11.5 Å². The summed E-state index contributed by atoms with van der Waals surface area (Å²) in [6.07, 6.45) is 0. The van der Waals surface area contributed by atoms with E-state index in [0.29, 0.717) is 12.4 Å². The van der Waals surface area contributed by atoms with E-state index >= 15 is 0 Å². The van der Waals surface area contributed by atoms with Gasteiger partial charge in [0, 0.05) is 0 Å². The first kappa shape index (κ1) is 19.3. The number of benzene rings is 2. The van der Waals surface area contributed by atoms with E-state index in [-0.39, 0.29) is 18.4 Å². The molecule has 5 heteroatoms. The molecule has 1 N–H and O–H groups in total. The topological polar surface area (TPSA) is 71.4 Å². The lowest BCUT2D eigenvalue weighted by atomic mass is 9.90. The third kappa shape index (κ3) is 5.52. The van der Waals surface area contributed by atoms with E-state index in [1.54, 1.807) is 31.2 Å². The number of nitriles is 1. The normalized spacial score (nSPS) is 12.7. The summed E-state index contributed by atoms with van der Waals surface area (Å²) >= 11 is 0. The van der Waals surface area contributed by atoms with Gasteiger partial charge in [0.2, 0.25) is 0 Å². The van der Waals surface area contributed by atoms with Gasteiger partial charge in [-0.3, -0.25) is 4.79 Å². The summed E-state index contributed by atoms with van der Waals surface area (Å²) < 4.78 is 11.2. The molecule has 0 aliphatic rings. The van der Waals surface area contributed by atoms with Gasteiger partial charge in [0.15, 0.2) is 6.61 Å². The molecule has 1 atom stereocenters. The largest absolute Gasteiger partial charge is 0.489 e. The van der Waals surface area contributed by atoms with Gasteiger partial charge >= 0.3 is 0 Å². The second-order valence-electron chi connectivity index (χ2n) is 6.55. The second kappa shape index (κ2) is 8.91. The summed E-state index contributed by atoms with van der Waals surface area (Å²) in [5.74, 6) is 0.961. The van der Waals surface area contributed by atoms with Crippen molar-refractivity contribution in [1.82, 2.24) is 5.32 Å². The molecule has 2 aromatic carbocycles. The first-order valence-corrected chi connectivity index (χ1v) is 8.55. The molecule has 5 nitrogen and oxygen atoms in total. The second-order valence-corrected chi connectivity index (χ2v) is 6.55. The van der Waals surface area contributed by atoms with Crippen LogP contribution in [0.25, 0.3) is 0 Å². The molecule has 0 heterocycles. The molecule has 0 spiro atoms. The monoisotopic (exact) mass is 352 g/mol. The van der Waals surface area contributed by atoms with Crippen LogP contribution in [-0.2, 0) is 11.4 Å². The molecule has 0 aliphatic carbocycles. The fourth-order valence-corrected chi connectivity index (χ4v) is 2.15. The van der Waals surface area contributed by atoms with Crippen molar-refractivity contribution in [2.45, 2.75) is 32.9 Å². The van der Waals surface area contributed by atoms with Gasteiger partial charge in [0.1, 0.15) is 23.6 Å². The smallest absolute Gasteiger partial charge is 0.259 e. The quantitative estimate of drug-likeness (QED) is 0.786. The first-order valence-electron chi connectivity index (χ1n) is 8.55. The summed E-state index contributed by atoms with van der Waals surface area (Å²) in [6.45, 7) is 5.82. The molecule has 136 valence electrons. The summed E-state index contributed by atoms with van der Waals surface area (Å²) in [5.41, 5.74) is 0.186. The maximum Gasteiger partial charge on any atom is 0.259 e. The van der Waals surface area contributed by atoms with E-state index in [1.807, 2.05) is 44.2 Å². The SMILES string of the molecule is CC(C)[C@@](C)(C#N)NC(=O)COc1ccc(OCc2ccccc2)cc1. The highest BCUT2D eigenvalue weighted by atomic mass is 16.5. The standard InChI is InChI=1S/C21H24N2O3/c1-16(2)21(3,15-22)23-20(24)14-26-19-11-9-18(10-12-19)25-13-17-7-5-4-6-8-17/h4-12,16H,13-14H2,1-3H3,(H,23,24)/t21-/m1/s1. The number of amides is 1. The molecule has 26 heavy (non-hydrogen) atoms. The number of hydrogen-bond acceptors (Lipinski definition) is 4. The zero-order chi connectivity index (χ0) is 19.0. The molecule has 2 aromatic rings. The summed E-state index contributed by atoms with van der Waals surface area (Å²) in [5, 5.41) is 11.9. The number of carbonyl (C=O) groups is 1. The van der Waals surface area contributed by atoms with Gasteiger partial charge in [0.25, 0.3) is 5.91 Å². The molecule has 0 aromatic heterocycles. The fraction of sp³-hybridized carbons (Fsp3) is 0.333. The van der Waals surface area contributed by atoms with Crippen molar-refractivity contribution in [3.05, 3.63) is 60.2 Å². The number of rotatable bonds is 8. The lowest BCUT2D eigenvalue weighted by Gasteiger charge is -2.27. The third-order valence-electron chi connectivity index (χ3n) is 4.23. The van der Waals surface area contributed by atoms with Gasteiger partial charge < -0.3 is 14.8 Å². The van der Waals surface area contributed by atoms with E-state index in [0.717, 1.165) is 11.3 Å². The third-order valence-corrected chi connectivity index (χ3v) is 4.23. The van der Waals surface area contributed by atoms with E-state index in [1.165, 1.54) is 0 Å². The molecule has 0 bridgehead atoms. The molecule has 0 radical (unpaired) electrons. The predicted octanol–water partition coefficient (Wildman–Crippen LogP) is 3.70. The molecular formula is C21H24N2O3. The van der Waals surface area contributed by atoms with Gasteiger partial charge in [-0.05, 0) is 42.7 Å². The number of ether oxygens (including phenoxy) is 2. The van der Waals surface area contributed by atoms with Crippen LogP contribution in [0, 0.1) is 17.2 Å². The van der Waals surface area contributed by atoms with Crippen LogP contribution in [0.3, 0.4) is 0 Å². The summed E-state index contributed by atoms with van der Waals surface area (Å²) in [7, 11) is 0. The van der Waals surface area contributed by atoms with Gasteiger partial charge in [-0.15, -0.1) is 0 Å². The van der Waals surface area contributed by atoms with Crippen LogP contribution in [0.1, 0.15) is 26.3 Å². The lowest BCUT2D eigenvalue weighted by molar-refractivity contribution is -0.124. The van der Waals surface area contributed by atoms with Gasteiger partial charge in [-0.25, -0.2) is 0 Å². The average Bonchev–Trinajstić information content (AvgIpc) is 2.66. The number of nitrogens with one attached hydrogen (secondary N) is 1. The van der Waals surface area contributed by atoms with Crippen molar-refractivity contribution < 1.29 is 14.3 Å². The van der Waals surface area contributed by atoms with Crippen LogP contribution in [0.2, 0.25) is 0 Å². The van der Waals surface area contributed by atoms with Crippen molar-refractivity contribution in [3.8, 4) is 17.6 Å². The highest BCUT2D eigenvalue weighted by Gasteiger charge is 2.29. The highest BCUT2D eigenvalue weighted by Crippen LogP contribution is 2.19. The Morgan fingerprint density at radius 3 is 2.19 bits per heavy atom. The van der Waals surface area contributed by atoms with Gasteiger partial charge in [0.05, 0.1) is 6.07 Å². The molecular weight excluding hydrogens is 328 g/mol. The zero-order valence-corrected chi connectivity index (χ0v) is 15.4. The number of carbonyl (C=O) groups excluding carboxylic acids is 1. The minimum Gasteiger partial charge on any atom is -0.489 e. The fourth-order valence-electron chi connectivity index (χ4n) is 2.15. The first-order chi connectivity index (χ1) is 12.4. The predicted molar refractivity (Wildman–Crippen MR) is 99.7 cm³/mol. The Labute approximate surface area is 154 Å². The van der Waals surface area contributed by atoms with Crippen LogP contribution < -0.4 is 14.8 Å². The van der Waals surface area contributed by atoms with Crippen molar-refractivity contribution in [3.63, 3.8) is 0 Å². The van der Waals surface area contributed by atoms with E-state index in [2.05, 4.69) is 11.4 Å². The van der Waals surface area contributed by atoms with E-state index in [4.69, 9.17) is 9.47 Å². The maximum absolute atomic E-state index is 12.0. The molecule has 0 fully saturated rings. The summed E-state index contributed by atoms with van der Waals surface area (Å²) in [4.78, 5) is 12.0. The lowest BCUT2D eigenvalue weighted by Crippen LogP contribution is -2.50. The van der Waals surface area contributed by atoms with Crippen LogP contribution in [0.15, 0.2) is 54.6 Å². The van der Waals surface area contributed by atoms with Crippen molar-refractivity contribution in [2.24, 2.45) is 5.92 Å². The number of hydrogen-bond donors (Lipinski definition) is 1. The Morgan fingerprint density at radius 1 is 1.08 bits per heavy atom. The van der Waals surface area contributed by atoms with Crippen molar-refractivity contribution >= 4 is 5.91 Å². The van der Waals surface area contributed by atoms with Crippen molar-refractivity contribution in [1.29, 1.82) is 5.26 Å². The highest BCUT2D eigenvalue weighted by molar-refractivity contribution is 5.78. The minimum absolute atomic E-state index is 0.00232. The molecule has 1 amide bonds. The molecule has 0 saturated heterocycles.